The molecule has 0 spiro atoms. The number of allylic oxidation sites excluding steroid dienone is 10. The molecule has 9 nitrogen and oxygen atoms in total. The van der Waals surface area contributed by atoms with Crippen molar-refractivity contribution in [2.75, 3.05) is 47.5 Å². The predicted octanol–water partition coefficient (Wildman–Crippen LogP) is 13.4. The van der Waals surface area contributed by atoms with Crippen molar-refractivity contribution in [3.05, 3.63) is 60.8 Å². The average molecular weight is 864 g/mol. The number of carbonyl (C=O) groups is 2. The quantitative estimate of drug-likeness (QED) is 0.0196. The maximum Gasteiger partial charge on any atom is 0.306 e. The van der Waals surface area contributed by atoms with Gasteiger partial charge >= 0.3 is 11.9 Å². The van der Waals surface area contributed by atoms with E-state index in [-0.39, 0.29) is 26.1 Å². The Morgan fingerprint density at radius 1 is 0.517 bits per heavy atom. The molecule has 60 heavy (non-hydrogen) atoms. The number of hydrogen-bond acceptors (Lipinski definition) is 8. The first-order chi connectivity index (χ1) is 29.0. The molecule has 0 aliphatic rings. The summed E-state index contributed by atoms with van der Waals surface area (Å²) in [6.45, 7) is 4.12. The number of hydrogen-bond donors (Lipinski definition) is 0. The third kappa shape index (κ3) is 45.2. The average Bonchev–Trinajstić information content (AvgIpc) is 3.20. The summed E-state index contributed by atoms with van der Waals surface area (Å²) < 4.78 is 33.8. The number of likely N-dealkylation sites (N-methyl/N-ethyl adjacent to an activating group) is 1. The fourth-order valence-electron chi connectivity index (χ4n) is 6.25. The Morgan fingerprint density at radius 2 is 0.933 bits per heavy atom. The van der Waals surface area contributed by atoms with Crippen LogP contribution in [0.15, 0.2) is 60.8 Å². The van der Waals surface area contributed by atoms with Crippen LogP contribution in [0.5, 0.6) is 0 Å². The predicted molar refractivity (Wildman–Crippen MR) is 250 cm³/mol. The highest BCUT2D eigenvalue weighted by molar-refractivity contribution is 7.45. The smallest absolute Gasteiger partial charge is 0.306 e. The fourth-order valence-corrected chi connectivity index (χ4v) is 6.98. The Morgan fingerprint density at radius 3 is 1.42 bits per heavy atom. The highest BCUT2D eigenvalue weighted by Gasteiger charge is 2.21. The van der Waals surface area contributed by atoms with Crippen LogP contribution in [0.4, 0.5) is 0 Å². The van der Waals surface area contributed by atoms with Gasteiger partial charge in [0.2, 0.25) is 0 Å². The first kappa shape index (κ1) is 57.7. The summed E-state index contributed by atoms with van der Waals surface area (Å²) in [6.07, 6.45) is 51.3. The van der Waals surface area contributed by atoms with E-state index in [1.165, 1.54) is 116 Å². The van der Waals surface area contributed by atoms with Crippen LogP contribution in [-0.2, 0) is 32.7 Å². The van der Waals surface area contributed by atoms with Gasteiger partial charge < -0.3 is 27.9 Å². The van der Waals surface area contributed by atoms with E-state index < -0.39 is 32.5 Å². The van der Waals surface area contributed by atoms with Crippen molar-refractivity contribution in [3.8, 4) is 0 Å². The van der Waals surface area contributed by atoms with E-state index in [1.54, 1.807) is 0 Å². The second-order valence-corrected chi connectivity index (χ2v) is 18.5. The Kier molecular flexibility index (Phi) is 40.4. The maximum atomic E-state index is 12.7. The summed E-state index contributed by atoms with van der Waals surface area (Å²) in [5, 5.41) is 0. The van der Waals surface area contributed by atoms with Crippen LogP contribution < -0.4 is 4.89 Å². The zero-order valence-corrected chi connectivity index (χ0v) is 40.0. The van der Waals surface area contributed by atoms with Crippen LogP contribution in [0.1, 0.15) is 194 Å². The Labute approximate surface area is 368 Å². The van der Waals surface area contributed by atoms with Gasteiger partial charge in [-0.15, -0.1) is 0 Å². The monoisotopic (exact) mass is 864 g/mol. The minimum Gasteiger partial charge on any atom is -0.756 e. The molecule has 0 saturated carbocycles. The van der Waals surface area contributed by atoms with E-state index >= 15 is 0 Å². The Bertz CT molecular complexity index is 1210. The van der Waals surface area contributed by atoms with Crippen LogP contribution in [0.3, 0.4) is 0 Å². The minimum absolute atomic E-state index is 0.0475. The van der Waals surface area contributed by atoms with Crippen molar-refractivity contribution in [3.63, 3.8) is 0 Å². The molecular weight excluding hydrogens is 774 g/mol. The van der Waals surface area contributed by atoms with Crippen molar-refractivity contribution in [2.45, 2.75) is 200 Å². The van der Waals surface area contributed by atoms with Crippen molar-refractivity contribution >= 4 is 19.8 Å². The molecule has 0 aromatic rings. The van der Waals surface area contributed by atoms with Gasteiger partial charge in [0.05, 0.1) is 27.7 Å². The van der Waals surface area contributed by atoms with Gasteiger partial charge in [-0.2, -0.15) is 0 Å². The molecule has 10 heteroatoms. The summed E-state index contributed by atoms with van der Waals surface area (Å²) in [7, 11) is 1.11. The molecule has 0 bridgehead atoms. The Hall–Kier alpha value is -2.29. The molecule has 0 N–H and O–H groups in total. The topological polar surface area (TPSA) is 111 Å². The van der Waals surface area contributed by atoms with Gasteiger partial charge in [-0.05, 0) is 64.2 Å². The zero-order chi connectivity index (χ0) is 44.3. The van der Waals surface area contributed by atoms with Crippen LogP contribution in [0.25, 0.3) is 0 Å². The van der Waals surface area contributed by atoms with E-state index in [2.05, 4.69) is 62.5 Å². The summed E-state index contributed by atoms with van der Waals surface area (Å²) in [5.41, 5.74) is 0. The zero-order valence-electron chi connectivity index (χ0n) is 39.1. The highest BCUT2D eigenvalue weighted by atomic mass is 31.2. The number of rotatable bonds is 43. The van der Waals surface area contributed by atoms with Crippen LogP contribution >= 0.6 is 7.82 Å². The molecule has 2 atom stereocenters. The number of ether oxygens (including phenoxy) is 2. The number of nitrogens with zero attached hydrogens (tertiary/aromatic N) is 1. The molecule has 0 fully saturated rings. The van der Waals surface area contributed by atoms with Crippen LogP contribution in [0, 0.1) is 0 Å². The van der Waals surface area contributed by atoms with E-state index in [4.69, 9.17) is 18.5 Å². The summed E-state index contributed by atoms with van der Waals surface area (Å²) >= 11 is 0. The van der Waals surface area contributed by atoms with Crippen molar-refractivity contribution in [1.82, 2.24) is 0 Å². The Balaban J connectivity index is 4.45. The molecular formula is C50H90NO8P. The maximum absolute atomic E-state index is 12.7. The standard InChI is InChI=1S/C50H90NO8P/c1-6-8-10-12-14-16-18-20-22-23-24-25-26-27-29-31-33-35-37-39-41-43-50(53)59-48(47-58-60(54,55)57-45-44-51(3,4)5)46-56-49(52)42-40-38-36-34-32-30-28-21-19-17-15-13-11-9-7-2/h22-23,25-26,29,31,35-38,48H,6-21,24,27-28,30,32-34,39-47H2,1-5H3/b23-22+,26-25+,31-29+,37-35+,38-36+/t48-/m1/s1. The summed E-state index contributed by atoms with van der Waals surface area (Å²) in [4.78, 5) is 37.5. The van der Waals surface area contributed by atoms with Gasteiger partial charge in [0.25, 0.3) is 7.82 Å². The second-order valence-electron chi connectivity index (χ2n) is 17.1. The second kappa shape index (κ2) is 42.0. The van der Waals surface area contributed by atoms with Crippen molar-refractivity contribution < 1.29 is 42.1 Å². The van der Waals surface area contributed by atoms with Gasteiger partial charge in [-0.25, -0.2) is 0 Å². The van der Waals surface area contributed by atoms with E-state index in [0.29, 0.717) is 30.3 Å². The molecule has 1 unspecified atom stereocenters. The molecule has 0 aliphatic heterocycles. The largest absolute Gasteiger partial charge is 0.756 e. The lowest BCUT2D eigenvalue weighted by Crippen LogP contribution is -2.37. The fraction of sp³-hybridized carbons (Fsp3) is 0.760. The molecule has 0 rings (SSSR count). The van der Waals surface area contributed by atoms with Crippen molar-refractivity contribution in [1.29, 1.82) is 0 Å². The van der Waals surface area contributed by atoms with Gasteiger partial charge in [0, 0.05) is 12.8 Å². The number of carbonyl (C=O) groups excluding carboxylic acids is 2. The molecule has 0 saturated heterocycles. The SMILES string of the molecule is CCCCCCCCC/C=C/C/C=C/C/C=C/C/C=C/CCCC(=O)O[C@H](COC(=O)CC/C=C/CCCCCCCCCCCCC)COP(=O)([O-])OCC[N+](C)(C)C. The van der Waals surface area contributed by atoms with Gasteiger partial charge in [-0.1, -0.05) is 177 Å². The van der Waals surface area contributed by atoms with E-state index in [1.807, 2.05) is 33.3 Å². The number of unbranched alkanes of at least 4 members (excludes halogenated alkanes) is 19. The third-order valence-electron chi connectivity index (χ3n) is 10.0. The highest BCUT2D eigenvalue weighted by Crippen LogP contribution is 2.38. The van der Waals surface area contributed by atoms with Crippen LogP contribution in [0.2, 0.25) is 0 Å². The first-order valence-corrected chi connectivity index (χ1v) is 25.5. The van der Waals surface area contributed by atoms with Gasteiger partial charge in [-0.3, -0.25) is 14.2 Å². The summed E-state index contributed by atoms with van der Waals surface area (Å²) in [6, 6.07) is 0. The lowest BCUT2D eigenvalue weighted by Gasteiger charge is -2.28. The molecule has 0 aromatic heterocycles. The molecule has 0 heterocycles. The first-order valence-electron chi connectivity index (χ1n) is 24.0. The molecule has 0 amide bonds. The third-order valence-corrected chi connectivity index (χ3v) is 11.0. The van der Waals surface area contributed by atoms with Crippen LogP contribution in [-0.4, -0.2) is 70.0 Å². The number of quaternary nitrogens is 1. The number of esters is 2. The normalized spacial score (nSPS) is 14.0. The molecule has 0 aromatic carbocycles. The molecule has 0 aliphatic carbocycles. The number of phosphoric acid groups is 1. The van der Waals surface area contributed by atoms with Crippen molar-refractivity contribution in [2.24, 2.45) is 0 Å². The lowest BCUT2D eigenvalue weighted by atomic mass is 10.1. The van der Waals surface area contributed by atoms with Gasteiger partial charge in [0.15, 0.2) is 6.10 Å². The number of phosphoric ester groups is 1. The molecule has 0 radical (unpaired) electrons. The van der Waals surface area contributed by atoms with Gasteiger partial charge in [0.1, 0.15) is 19.8 Å². The van der Waals surface area contributed by atoms with E-state index in [9.17, 15) is 19.0 Å². The lowest BCUT2D eigenvalue weighted by molar-refractivity contribution is -0.870. The molecule has 348 valence electrons. The minimum atomic E-state index is -4.65. The summed E-state index contributed by atoms with van der Waals surface area (Å²) in [5.74, 6) is -0.957. The van der Waals surface area contributed by atoms with E-state index in [0.717, 1.165) is 32.1 Å².